The predicted molar refractivity (Wildman–Crippen MR) is 58.3 cm³/mol. The van der Waals surface area contributed by atoms with Gasteiger partial charge in [-0.2, -0.15) is 0 Å². The number of nitrogens with one attached hydrogen (secondary N) is 1. The third kappa shape index (κ3) is 3.51. The van der Waals surface area contributed by atoms with E-state index in [9.17, 15) is 4.79 Å². The second kappa shape index (κ2) is 4.92. The van der Waals surface area contributed by atoms with Gasteiger partial charge in [-0.05, 0) is 24.8 Å². The van der Waals surface area contributed by atoms with Crippen LogP contribution in [0.1, 0.15) is 12.5 Å². The Morgan fingerprint density at radius 3 is 2.54 bits per heavy atom. The number of amides is 1. The smallest absolute Gasteiger partial charge is 0.283 e. The van der Waals surface area contributed by atoms with Gasteiger partial charge < -0.3 is 5.32 Å². The van der Waals surface area contributed by atoms with E-state index in [1.54, 1.807) is 0 Å². The van der Waals surface area contributed by atoms with Crippen molar-refractivity contribution in [2.24, 2.45) is 0 Å². The second-order valence-electron chi connectivity index (χ2n) is 2.71. The van der Waals surface area contributed by atoms with E-state index in [1.807, 2.05) is 38.1 Å². The summed E-state index contributed by atoms with van der Waals surface area (Å²) in [4.78, 5) is 11.1. The molecule has 13 heavy (non-hydrogen) atoms. The normalized spacial score (nSPS) is 9.69. The van der Waals surface area contributed by atoms with Crippen LogP contribution in [0.4, 0.5) is 10.5 Å². The van der Waals surface area contributed by atoms with Gasteiger partial charge in [-0.25, -0.2) is 0 Å². The van der Waals surface area contributed by atoms with Crippen LogP contribution in [0.2, 0.25) is 0 Å². The third-order valence-electron chi connectivity index (χ3n) is 1.57. The van der Waals surface area contributed by atoms with Crippen molar-refractivity contribution in [3.05, 3.63) is 29.8 Å². The van der Waals surface area contributed by atoms with Crippen LogP contribution >= 0.6 is 11.8 Å². The van der Waals surface area contributed by atoms with Crippen molar-refractivity contribution in [1.29, 1.82) is 0 Å². The highest BCUT2D eigenvalue weighted by Gasteiger charge is 1.99. The molecule has 1 amide bonds. The number of carbonyl (C=O) groups excluding carboxylic acids is 1. The Hall–Kier alpha value is -0.960. The van der Waals surface area contributed by atoms with Gasteiger partial charge in [0.15, 0.2) is 0 Å². The number of benzene rings is 1. The lowest BCUT2D eigenvalue weighted by molar-refractivity contribution is 0.270. The highest BCUT2D eigenvalue weighted by atomic mass is 32.2. The first kappa shape index (κ1) is 10.1. The van der Waals surface area contributed by atoms with Gasteiger partial charge in [0.1, 0.15) is 0 Å². The summed E-state index contributed by atoms with van der Waals surface area (Å²) in [5.74, 6) is 0.803. The van der Waals surface area contributed by atoms with E-state index in [2.05, 4.69) is 5.32 Å². The lowest BCUT2D eigenvalue weighted by Crippen LogP contribution is -2.04. The average Bonchev–Trinajstić information content (AvgIpc) is 2.09. The van der Waals surface area contributed by atoms with Crippen LogP contribution in [-0.2, 0) is 0 Å². The fourth-order valence-corrected chi connectivity index (χ4v) is 1.37. The molecule has 0 atom stereocenters. The molecule has 0 saturated carbocycles. The van der Waals surface area contributed by atoms with Crippen LogP contribution in [0.3, 0.4) is 0 Å². The van der Waals surface area contributed by atoms with E-state index >= 15 is 0 Å². The zero-order valence-corrected chi connectivity index (χ0v) is 8.65. The Kier molecular flexibility index (Phi) is 3.83. The topological polar surface area (TPSA) is 29.1 Å². The Balaban J connectivity index is 2.54. The van der Waals surface area contributed by atoms with E-state index in [0.717, 1.165) is 11.4 Å². The number of anilines is 1. The molecule has 0 unspecified atom stereocenters. The summed E-state index contributed by atoms with van der Waals surface area (Å²) in [6.45, 7) is 3.98. The summed E-state index contributed by atoms with van der Waals surface area (Å²) >= 11 is 1.28. The van der Waals surface area contributed by atoms with Gasteiger partial charge in [0, 0.05) is 5.69 Å². The maximum absolute atomic E-state index is 11.1. The SMILES string of the molecule is CCSC(=O)Nc1ccc(C)cc1. The molecule has 0 aliphatic carbocycles. The maximum Gasteiger partial charge on any atom is 0.283 e. The molecule has 0 bridgehead atoms. The zero-order valence-electron chi connectivity index (χ0n) is 7.83. The van der Waals surface area contributed by atoms with Crippen LogP contribution in [0.25, 0.3) is 0 Å². The molecule has 3 heteroatoms. The van der Waals surface area contributed by atoms with Gasteiger partial charge in [-0.15, -0.1) is 0 Å². The fourth-order valence-electron chi connectivity index (χ4n) is 0.922. The molecule has 1 aromatic rings. The maximum atomic E-state index is 11.1. The van der Waals surface area contributed by atoms with E-state index in [0.29, 0.717) is 0 Å². The van der Waals surface area contributed by atoms with Crippen molar-refractivity contribution in [2.75, 3.05) is 11.1 Å². The van der Waals surface area contributed by atoms with E-state index < -0.39 is 0 Å². The molecule has 0 radical (unpaired) electrons. The minimum Gasteiger partial charge on any atom is -0.317 e. The molecule has 0 aliphatic rings. The highest BCUT2D eigenvalue weighted by molar-refractivity contribution is 8.13. The van der Waals surface area contributed by atoms with E-state index in [-0.39, 0.29) is 5.24 Å². The summed E-state index contributed by atoms with van der Waals surface area (Å²) in [7, 11) is 0. The van der Waals surface area contributed by atoms with Crippen LogP contribution in [0.5, 0.6) is 0 Å². The lowest BCUT2D eigenvalue weighted by atomic mass is 10.2. The Morgan fingerprint density at radius 2 is 2.00 bits per heavy atom. The molecule has 1 aromatic carbocycles. The summed E-state index contributed by atoms with van der Waals surface area (Å²) in [5, 5.41) is 2.80. The quantitative estimate of drug-likeness (QED) is 0.784. The van der Waals surface area contributed by atoms with Crippen LogP contribution in [0.15, 0.2) is 24.3 Å². The molecular weight excluding hydrogens is 182 g/mol. The van der Waals surface area contributed by atoms with E-state index in [1.165, 1.54) is 17.3 Å². The van der Waals surface area contributed by atoms with E-state index in [4.69, 9.17) is 0 Å². The molecule has 0 spiro atoms. The molecule has 0 fully saturated rings. The summed E-state index contributed by atoms with van der Waals surface area (Å²) < 4.78 is 0. The Bertz CT molecular complexity index is 281. The molecule has 0 aromatic heterocycles. The van der Waals surface area contributed by atoms with Gasteiger partial charge >= 0.3 is 0 Å². The number of carbonyl (C=O) groups is 1. The first-order valence-electron chi connectivity index (χ1n) is 4.23. The third-order valence-corrected chi connectivity index (χ3v) is 2.23. The molecule has 2 nitrogen and oxygen atoms in total. The predicted octanol–water partition coefficient (Wildman–Crippen LogP) is 3.28. The van der Waals surface area contributed by atoms with Gasteiger partial charge in [-0.3, -0.25) is 4.79 Å². The molecular formula is C10H13NOS. The zero-order chi connectivity index (χ0) is 9.68. The first-order chi connectivity index (χ1) is 6.22. The Morgan fingerprint density at radius 1 is 1.38 bits per heavy atom. The van der Waals surface area contributed by atoms with Gasteiger partial charge in [0.2, 0.25) is 0 Å². The number of hydrogen-bond acceptors (Lipinski definition) is 2. The second-order valence-corrected chi connectivity index (χ2v) is 3.95. The lowest BCUT2D eigenvalue weighted by Gasteiger charge is -2.03. The number of rotatable bonds is 2. The minimum absolute atomic E-state index is 0.00588. The largest absolute Gasteiger partial charge is 0.317 e. The van der Waals surface area contributed by atoms with Crippen molar-refractivity contribution in [2.45, 2.75) is 13.8 Å². The van der Waals surface area contributed by atoms with Crippen molar-refractivity contribution in [1.82, 2.24) is 0 Å². The molecule has 70 valence electrons. The molecule has 1 N–H and O–H groups in total. The summed E-state index contributed by atoms with van der Waals surface area (Å²) in [5.41, 5.74) is 2.05. The number of hydrogen-bond donors (Lipinski definition) is 1. The van der Waals surface area contributed by atoms with Crippen molar-refractivity contribution in [3.8, 4) is 0 Å². The summed E-state index contributed by atoms with van der Waals surface area (Å²) in [6.07, 6.45) is 0. The Labute approximate surface area is 82.7 Å². The monoisotopic (exact) mass is 195 g/mol. The average molecular weight is 195 g/mol. The number of thioether (sulfide) groups is 1. The molecule has 0 aliphatic heterocycles. The minimum atomic E-state index is 0.00588. The fraction of sp³-hybridized carbons (Fsp3) is 0.300. The first-order valence-corrected chi connectivity index (χ1v) is 5.21. The van der Waals surface area contributed by atoms with Crippen molar-refractivity contribution in [3.63, 3.8) is 0 Å². The van der Waals surface area contributed by atoms with Crippen LogP contribution < -0.4 is 5.32 Å². The van der Waals surface area contributed by atoms with Crippen LogP contribution in [-0.4, -0.2) is 11.0 Å². The van der Waals surface area contributed by atoms with Gasteiger partial charge in [0.05, 0.1) is 0 Å². The number of aryl methyl sites for hydroxylation is 1. The van der Waals surface area contributed by atoms with Crippen LogP contribution in [0, 0.1) is 6.92 Å². The molecule has 0 heterocycles. The van der Waals surface area contributed by atoms with Crippen molar-refractivity contribution >= 4 is 22.7 Å². The molecule has 1 rings (SSSR count). The molecule has 0 saturated heterocycles. The van der Waals surface area contributed by atoms with Crippen molar-refractivity contribution < 1.29 is 4.79 Å². The summed E-state index contributed by atoms with van der Waals surface area (Å²) in [6, 6.07) is 7.77. The van der Waals surface area contributed by atoms with Gasteiger partial charge in [-0.1, -0.05) is 36.4 Å². The van der Waals surface area contributed by atoms with Gasteiger partial charge in [0.25, 0.3) is 5.24 Å². The highest BCUT2D eigenvalue weighted by Crippen LogP contribution is 2.11. The standard InChI is InChI=1S/C10H13NOS/c1-3-13-10(12)11-9-6-4-8(2)5-7-9/h4-7H,3H2,1-2H3,(H,11,12).